The summed E-state index contributed by atoms with van der Waals surface area (Å²) in [5.74, 6) is 2.90. The molecule has 1 heterocycles. The summed E-state index contributed by atoms with van der Waals surface area (Å²) in [4.78, 5) is 15.2. The van der Waals surface area contributed by atoms with E-state index < -0.39 is 0 Å². The lowest BCUT2D eigenvalue weighted by atomic mass is 9.60. The van der Waals surface area contributed by atoms with Crippen LogP contribution in [0.4, 0.5) is 4.39 Å². The highest BCUT2D eigenvalue weighted by molar-refractivity contribution is 5.64. The zero-order valence-corrected chi connectivity index (χ0v) is 32.5. The van der Waals surface area contributed by atoms with Crippen molar-refractivity contribution >= 4 is 5.57 Å². The standard InChI is InChI=1S/C38H54FNO.3C2H6/c1-9-11-31-21-32(33-18-19-38(10-2,23-25(33)5)26(6)20-24(3)4)16-17-34(31)30-14-12-29(13-15-30)27(7)35-22-36(39)28(8)40-37(35)41;3*1-2/h18,22-23,29-32,34H,3,6-7,9-17,19-21H2,1-2,4-5,8H3,(H,40,41);3*1-2H3. The molecule has 0 aliphatic heterocycles. The van der Waals surface area contributed by atoms with Crippen molar-refractivity contribution in [1.82, 2.24) is 4.98 Å². The first-order chi connectivity index (χ1) is 22.5. The molecule has 0 aromatic carbocycles. The molecule has 3 aliphatic carbocycles. The molecule has 0 saturated heterocycles. The molecule has 2 nitrogen and oxygen atoms in total. The van der Waals surface area contributed by atoms with Crippen LogP contribution in [0.15, 0.2) is 65.0 Å². The van der Waals surface area contributed by atoms with Crippen molar-refractivity contribution in [3.8, 4) is 0 Å². The highest BCUT2D eigenvalue weighted by Crippen LogP contribution is 2.51. The van der Waals surface area contributed by atoms with Crippen LogP contribution in [0.25, 0.3) is 5.57 Å². The van der Waals surface area contributed by atoms with Crippen LogP contribution in [0, 0.1) is 47.7 Å². The fraction of sp³-hybridized carbons (Fsp3) is 0.659. The molecule has 0 amide bonds. The molecule has 2 fully saturated rings. The molecule has 1 aromatic heterocycles. The Balaban J connectivity index is 0.00000174. The lowest BCUT2D eigenvalue weighted by Crippen LogP contribution is -2.34. The van der Waals surface area contributed by atoms with Gasteiger partial charge in [0.15, 0.2) is 0 Å². The second-order valence-electron chi connectivity index (χ2n) is 13.8. The van der Waals surface area contributed by atoms with E-state index in [1.54, 1.807) is 12.5 Å². The van der Waals surface area contributed by atoms with E-state index in [4.69, 9.17) is 0 Å². The quantitative estimate of drug-likeness (QED) is 0.251. The average molecular weight is 650 g/mol. The van der Waals surface area contributed by atoms with Crippen molar-refractivity contribution in [3.63, 3.8) is 0 Å². The number of hydrogen-bond donors (Lipinski definition) is 1. The van der Waals surface area contributed by atoms with Crippen molar-refractivity contribution in [1.29, 1.82) is 0 Å². The molecule has 4 unspecified atom stereocenters. The van der Waals surface area contributed by atoms with Crippen LogP contribution in [0.2, 0.25) is 0 Å². The normalized spacial score (nSPS) is 26.9. The van der Waals surface area contributed by atoms with Gasteiger partial charge in [-0.15, -0.1) is 0 Å². The Hall–Kier alpha value is -2.42. The summed E-state index contributed by atoms with van der Waals surface area (Å²) in [6.45, 7) is 35.6. The minimum Gasteiger partial charge on any atom is -0.323 e. The highest BCUT2D eigenvalue weighted by atomic mass is 19.1. The molecule has 1 N–H and O–H groups in total. The highest BCUT2D eigenvalue weighted by Gasteiger charge is 2.40. The number of hydrogen-bond acceptors (Lipinski definition) is 1. The molecule has 0 spiro atoms. The molecule has 266 valence electrons. The summed E-state index contributed by atoms with van der Waals surface area (Å²) in [6.07, 6.45) is 19.2. The van der Waals surface area contributed by atoms with Gasteiger partial charge in [0, 0.05) is 11.0 Å². The molecule has 2 saturated carbocycles. The molecule has 1 aromatic rings. The van der Waals surface area contributed by atoms with Crippen molar-refractivity contribution in [2.24, 2.45) is 35.0 Å². The van der Waals surface area contributed by atoms with Crippen molar-refractivity contribution < 1.29 is 4.39 Å². The number of allylic oxidation sites excluding steroid dienone is 7. The van der Waals surface area contributed by atoms with Crippen LogP contribution in [0.1, 0.15) is 158 Å². The first kappa shape index (κ1) is 42.6. The number of nitrogens with one attached hydrogen (secondary N) is 1. The third kappa shape index (κ3) is 10.8. The topological polar surface area (TPSA) is 32.9 Å². The third-order valence-corrected chi connectivity index (χ3v) is 11.0. The zero-order chi connectivity index (χ0) is 35.9. The Morgan fingerprint density at radius 1 is 0.957 bits per heavy atom. The minimum absolute atomic E-state index is 0.0738. The van der Waals surface area contributed by atoms with Gasteiger partial charge in [-0.2, -0.15) is 0 Å². The number of aromatic nitrogens is 1. The molecule has 0 bridgehead atoms. The van der Waals surface area contributed by atoms with E-state index in [-0.39, 0.29) is 22.7 Å². The van der Waals surface area contributed by atoms with Crippen LogP contribution in [0.3, 0.4) is 0 Å². The number of halogens is 1. The number of H-pyrrole nitrogens is 1. The molecule has 4 atom stereocenters. The minimum atomic E-state index is -0.357. The molecule has 3 heteroatoms. The Labute approximate surface area is 290 Å². The first-order valence-electron chi connectivity index (χ1n) is 19.3. The second kappa shape index (κ2) is 20.8. The van der Waals surface area contributed by atoms with Crippen LogP contribution in [0.5, 0.6) is 0 Å². The van der Waals surface area contributed by atoms with Crippen LogP contribution >= 0.6 is 0 Å². The largest absolute Gasteiger partial charge is 0.323 e. The lowest BCUT2D eigenvalue weighted by molar-refractivity contribution is 0.0959. The maximum Gasteiger partial charge on any atom is 0.255 e. The average Bonchev–Trinajstić information content (AvgIpc) is 3.08. The van der Waals surface area contributed by atoms with Crippen LogP contribution < -0.4 is 5.56 Å². The van der Waals surface area contributed by atoms with Gasteiger partial charge in [0.05, 0.1) is 5.69 Å². The van der Waals surface area contributed by atoms with Crippen molar-refractivity contribution in [2.45, 2.75) is 153 Å². The Kier molecular flexibility index (Phi) is 18.9. The van der Waals surface area contributed by atoms with E-state index in [1.165, 1.54) is 67.7 Å². The summed E-state index contributed by atoms with van der Waals surface area (Å²) in [6, 6.07) is 1.39. The number of aryl methyl sites for hydroxylation is 1. The van der Waals surface area contributed by atoms with Crippen molar-refractivity contribution in [3.05, 3.63) is 87.7 Å². The van der Waals surface area contributed by atoms with E-state index in [0.29, 0.717) is 17.2 Å². The Morgan fingerprint density at radius 3 is 2.11 bits per heavy atom. The third-order valence-electron chi connectivity index (χ3n) is 11.0. The van der Waals surface area contributed by atoms with Crippen LogP contribution in [-0.4, -0.2) is 4.98 Å². The summed E-state index contributed by atoms with van der Waals surface area (Å²) in [5.41, 5.74) is 6.98. The van der Waals surface area contributed by atoms with Gasteiger partial charge >= 0.3 is 0 Å². The molecule has 4 rings (SSSR count). The first-order valence-corrected chi connectivity index (χ1v) is 19.3. The SMILES string of the molecule is C=C(C)CC(=C)C1(CC)C=C(C)C(C2CCC(C3CCC(C(=C)c4cc(F)c(C)[nH]c4=O)CC3)C(CCC)C2)=CC1.CC.CC.CC. The molecule has 3 aliphatic rings. The van der Waals surface area contributed by atoms with E-state index >= 15 is 0 Å². The summed E-state index contributed by atoms with van der Waals surface area (Å²) in [7, 11) is 0. The van der Waals surface area contributed by atoms with Gasteiger partial charge in [-0.3, -0.25) is 4.79 Å². The van der Waals surface area contributed by atoms with Gasteiger partial charge in [0.25, 0.3) is 5.56 Å². The van der Waals surface area contributed by atoms with Gasteiger partial charge in [-0.1, -0.05) is 117 Å². The predicted octanol–water partition coefficient (Wildman–Crippen LogP) is 13.7. The molecular weight excluding hydrogens is 577 g/mol. The molecule has 0 radical (unpaired) electrons. The van der Waals surface area contributed by atoms with E-state index in [0.717, 1.165) is 55.4 Å². The number of rotatable bonds is 10. The Morgan fingerprint density at radius 2 is 1.57 bits per heavy atom. The Bertz CT molecular complexity index is 1270. The van der Waals surface area contributed by atoms with E-state index in [2.05, 4.69) is 64.6 Å². The smallest absolute Gasteiger partial charge is 0.255 e. The van der Waals surface area contributed by atoms with E-state index in [9.17, 15) is 9.18 Å². The zero-order valence-electron chi connectivity index (χ0n) is 32.5. The van der Waals surface area contributed by atoms with Crippen LogP contribution in [-0.2, 0) is 0 Å². The molecule has 47 heavy (non-hydrogen) atoms. The monoisotopic (exact) mass is 650 g/mol. The summed E-state index contributed by atoms with van der Waals surface area (Å²) >= 11 is 0. The lowest BCUT2D eigenvalue weighted by Gasteiger charge is -2.45. The number of aromatic amines is 1. The van der Waals surface area contributed by atoms with Crippen molar-refractivity contribution in [2.75, 3.05) is 0 Å². The molecular formula is C44H72FNO. The van der Waals surface area contributed by atoms with Gasteiger partial charge in [-0.25, -0.2) is 4.39 Å². The van der Waals surface area contributed by atoms with Gasteiger partial charge in [0.2, 0.25) is 0 Å². The fourth-order valence-electron chi connectivity index (χ4n) is 8.63. The van der Waals surface area contributed by atoms with Gasteiger partial charge < -0.3 is 4.98 Å². The summed E-state index contributed by atoms with van der Waals surface area (Å²) in [5, 5.41) is 0. The fourth-order valence-corrected chi connectivity index (χ4v) is 8.63. The maximum atomic E-state index is 14.2. The van der Waals surface area contributed by atoms with E-state index in [1.807, 2.05) is 41.5 Å². The predicted molar refractivity (Wildman–Crippen MR) is 207 cm³/mol. The van der Waals surface area contributed by atoms with Gasteiger partial charge in [0.1, 0.15) is 5.82 Å². The maximum absolute atomic E-state index is 14.2. The van der Waals surface area contributed by atoms with Gasteiger partial charge in [-0.05, 0) is 132 Å². The number of pyridine rings is 1. The summed E-state index contributed by atoms with van der Waals surface area (Å²) < 4.78 is 14.2. The second-order valence-corrected chi connectivity index (χ2v) is 13.8.